The topological polar surface area (TPSA) is 50.4 Å². The average Bonchev–Trinajstić information content (AvgIpc) is 2.98. The maximum absolute atomic E-state index is 9.80. The lowest BCUT2D eigenvalue weighted by Gasteiger charge is -2.21. The summed E-state index contributed by atoms with van der Waals surface area (Å²) in [6.07, 6.45) is 1.83. The highest BCUT2D eigenvalue weighted by Crippen LogP contribution is 2.46. The van der Waals surface area contributed by atoms with E-state index in [1.165, 1.54) is 0 Å². The van der Waals surface area contributed by atoms with E-state index in [0.717, 1.165) is 27.7 Å². The molecule has 1 N–H and O–H groups in total. The second kappa shape index (κ2) is 6.00. The van der Waals surface area contributed by atoms with Gasteiger partial charge in [0.25, 0.3) is 0 Å². The quantitative estimate of drug-likeness (QED) is 0.694. The Morgan fingerprint density at radius 1 is 1.17 bits per heavy atom. The molecule has 6 heteroatoms. The van der Waals surface area contributed by atoms with Gasteiger partial charge in [0.15, 0.2) is 5.82 Å². The highest BCUT2D eigenvalue weighted by molar-refractivity contribution is 8.14. The minimum absolute atomic E-state index is 0.0424. The van der Waals surface area contributed by atoms with Gasteiger partial charge in [0.2, 0.25) is 0 Å². The van der Waals surface area contributed by atoms with Crippen LogP contribution in [0.4, 0.5) is 5.82 Å². The van der Waals surface area contributed by atoms with Gasteiger partial charge < -0.3 is 5.11 Å². The molecule has 24 heavy (non-hydrogen) atoms. The fraction of sp³-hybridized carbons (Fsp3) is 0.111. The number of aromatic hydroxyl groups is 1. The lowest BCUT2D eigenvalue weighted by molar-refractivity contribution is 0.474. The number of aliphatic imine (C=N–C) groups is 1. The van der Waals surface area contributed by atoms with Gasteiger partial charge in [-0.05, 0) is 36.8 Å². The fourth-order valence-electron chi connectivity index (χ4n) is 2.80. The number of thioether (sulfide) groups is 1. The molecule has 1 aliphatic rings. The number of para-hydroxylation sites is 1. The minimum atomic E-state index is 0.0424. The van der Waals surface area contributed by atoms with Crippen LogP contribution in [0, 0.1) is 0 Å². The molecule has 0 bridgehead atoms. The van der Waals surface area contributed by atoms with E-state index in [4.69, 9.17) is 11.6 Å². The van der Waals surface area contributed by atoms with Crippen LogP contribution in [-0.2, 0) is 0 Å². The van der Waals surface area contributed by atoms with Crippen molar-refractivity contribution in [1.29, 1.82) is 0 Å². The van der Waals surface area contributed by atoms with Crippen molar-refractivity contribution in [2.24, 2.45) is 4.99 Å². The molecule has 0 radical (unpaired) electrons. The number of phenolic OH excluding ortho intramolecular Hbond substituents is 1. The van der Waals surface area contributed by atoms with Crippen LogP contribution < -0.4 is 0 Å². The average molecular weight is 356 g/mol. The Labute approximate surface area is 148 Å². The molecule has 1 aliphatic heterocycles. The summed E-state index contributed by atoms with van der Waals surface area (Å²) in [4.78, 5) is 4.68. The predicted octanol–water partition coefficient (Wildman–Crippen LogP) is 5.12. The predicted molar refractivity (Wildman–Crippen MR) is 98.9 cm³/mol. The summed E-state index contributed by atoms with van der Waals surface area (Å²) >= 11 is 7.98. The van der Waals surface area contributed by atoms with Crippen LogP contribution in [0.2, 0.25) is 5.02 Å². The van der Waals surface area contributed by atoms with Crippen LogP contribution in [0.3, 0.4) is 0 Å². The van der Waals surface area contributed by atoms with Gasteiger partial charge in [0, 0.05) is 5.56 Å². The van der Waals surface area contributed by atoms with Gasteiger partial charge in [-0.2, -0.15) is 5.10 Å². The van der Waals surface area contributed by atoms with Crippen LogP contribution in [0.5, 0.6) is 5.75 Å². The van der Waals surface area contributed by atoms with E-state index in [1.54, 1.807) is 28.6 Å². The summed E-state index contributed by atoms with van der Waals surface area (Å²) in [6, 6.07) is 14.9. The Kier molecular flexibility index (Phi) is 3.82. The van der Waals surface area contributed by atoms with Crippen LogP contribution >= 0.6 is 23.4 Å². The number of fused-ring (bicyclic) bond motifs is 1. The smallest absolute Gasteiger partial charge is 0.161 e. The number of nitrogens with zero attached hydrogens (tertiary/aromatic N) is 3. The van der Waals surface area contributed by atoms with Crippen molar-refractivity contribution >= 4 is 34.2 Å². The number of benzene rings is 2. The molecule has 0 spiro atoms. The van der Waals surface area contributed by atoms with Crippen molar-refractivity contribution in [2.75, 3.05) is 0 Å². The number of aromatic nitrogens is 2. The zero-order valence-corrected chi connectivity index (χ0v) is 14.4. The van der Waals surface area contributed by atoms with E-state index < -0.39 is 0 Å². The summed E-state index contributed by atoms with van der Waals surface area (Å²) in [6.45, 7) is 1.98. The monoisotopic (exact) mass is 355 g/mol. The van der Waals surface area contributed by atoms with Gasteiger partial charge in [-0.25, -0.2) is 9.67 Å². The molecule has 4 nitrogen and oxygen atoms in total. The SMILES string of the molecule is CC1=Nc2c(cnn2-c2ccccc2Cl)C(c2cccc(O)c2)S1. The second-order valence-electron chi connectivity index (χ2n) is 5.51. The molecule has 4 rings (SSSR count). The van der Waals surface area contributed by atoms with Crippen LogP contribution in [0.15, 0.2) is 59.7 Å². The first-order chi connectivity index (χ1) is 11.6. The van der Waals surface area contributed by atoms with E-state index in [-0.39, 0.29) is 11.0 Å². The first kappa shape index (κ1) is 15.3. The Balaban J connectivity index is 1.87. The first-order valence-electron chi connectivity index (χ1n) is 7.47. The van der Waals surface area contributed by atoms with Crippen LogP contribution in [0.25, 0.3) is 5.69 Å². The molecule has 0 saturated carbocycles. The third-order valence-electron chi connectivity index (χ3n) is 3.86. The Hall–Kier alpha value is -2.24. The van der Waals surface area contributed by atoms with Gasteiger partial charge in [-0.1, -0.05) is 47.6 Å². The molecule has 0 saturated heterocycles. The van der Waals surface area contributed by atoms with Crippen molar-refractivity contribution in [3.05, 3.63) is 70.9 Å². The van der Waals surface area contributed by atoms with Gasteiger partial charge in [-0.15, -0.1) is 0 Å². The molecule has 1 unspecified atom stereocenters. The van der Waals surface area contributed by atoms with Crippen molar-refractivity contribution in [3.63, 3.8) is 0 Å². The van der Waals surface area contributed by atoms with E-state index in [2.05, 4.69) is 10.1 Å². The van der Waals surface area contributed by atoms with E-state index >= 15 is 0 Å². The molecule has 3 aromatic rings. The van der Waals surface area contributed by atoms with Crippen molar-refractivity contribution in [1.82, 2.24) is 9.78 Å². The molecule has 0 fully saturated rings. The third kappa shape index (κ3) is 2.60. The minimum Gasteiger partial charge on any atom is -0.508 e. The molecule has 120 valence electrons. The number of halogens is 1. The molecular weight excluding hydrogens is 342 g/mol. The Morgan fingerprint density at radius 3 is 2.79 bits per heavy atom. The number of hydrogen-bond donors (Lipinski definition) is 1. The van der Waals surface area contributed by atoms with Crippen molar-refractivity contribution < 1.29 is 5.11 Å². The van der Waals surface area contributed by atoms with Gasteiger partial charge >= 0.3 is 0 Å². The number of rotatable bonds is 2. The summed E-state index contributed by atoms with van der Waals surface area (Å²) in [5.41, 5.74) is 2.84. The first-order valence-corrected chi connectivity index (χ1v) is 8.73. The third-order valence-corrected chi connectivity index (χ3v) is 5.37. The largest absolute Gasteiger partial charge is 0.508 e. The molecule has 2 aromatic carbocycles. The molecular formula is C18H14ClN3OS. The normalized spacial score (nSPS) is 16.6. The Bertz CT molecular complexity index is 951. The fourth-order valence-corrected chi connectivity index (χ4v) is 4.07. The molecule has 0 aliphatic carbocycles. The van der Waals surface area contributed by atoms with E-state index in [1.807, 2.05) is 49.5 Å². The number of phenols is 1. The lowest BCUT2D eigenvalue weighted by Crippen LogP contribution is -2.06. The van der Waals surface area contributed by atoms with Gasteiger partial charge in [-0.3, -0.25) is 0 Å². The molecule has 0 amide bonds. The van der Waals surface area contributed by atoms with Gasteiger partial charge in [0.05, 0.1) is 27.2 Å². The Morgan fingerprint density at radius 2 is 2.00 bits per heavy atom. The highest BCUT2D eigenvalue weighted by Gasteiger charge is 2.28. The number of hydrogen-bond acceptors (Lipinski definition) is 4. The molecule has 1 atom stereocenters. The van der Waals surface area contributed by atoms with Crippen molar-refractivity contribution in [3.8, 4) is 11.4 Å². The molecule has 2 heterocycles. The molecule has 1 aromatic heterocycles. The highest BCUT2D eigenvalue weighted by atomic mass is 35.5. The zero-order chi connectivity index (χ0) is 16.7. The maximum Gasteiger partial charge on any atom is 0.161 e. The summed E-state index contributed by atoms with van der Waals surface area (Å²) < 4.78 is 1.77. The lowest BCUT2D eigenvalue weighted by atomic mass is 10.1. The summed E-state index contributed by atoms with van der Waals surface area (Å²) in [5.74, 6) is 1.04. The van der Waals surface area contributed by atoms with Crippen LogP contribution in [-0.4, -0.2) is 19.9 Å². The standard InChI is InChI=1S/C18H14ClN3OS/c1-11-21-18-14(17(24-11)12-5-4-6-13(23)9-12)10-20-22(18)16-8-3-2-7-15(16)19/h2-10,17,23H,1H3. The van der Waals surface area contributed by atoms with E-state index in [9.17, 15) is 5.11 Å². The van der Waals surface area contributed by atoms with Crippen LogP contribution in [0.1, 0.15) is 23.3 Å². The van der Waals surface area contributed by atoms with Crippen molar-refractivity contribution in [2.45, 2.75) is 12.2 Å². The zero-order valence-electron chi connectivity index (χ0n) is 12.8. The summed E-state index contributed by atoms with van der Waals surface area (Å²) in [5, 5.41) is 15.9. The van der Waals surface area contributed by atoms with E-state index in [0.29, 0.717) is 5.02 Å². The summed E-state index contributed by atoms with van der Waals surface area (Å²) in [7, 11) is 0. The maximum atomic E-state index is 9.80. The van der Waals surface area contributed by atoms with Gasteiger partial charge in [0.1, 0.15) is 5.75 Å². The second-order valence-corrected chi connectivity index (χ2v) is 7.22.